The zero-order chi connectivity index (χ0) is 14.5. The SMILES string of the molecule is CCCCCCCCCCCC(=O)N(C)CC(C)=O. The number of carbonyl (C=O) groups is 2. The minimum absolute atomic E-state index is 0.0444. The number of rotatable bonds is 12. The number of Topliss-reactive ketones (excluding diaryl/α,β-unsaturated/α-hetero) is 1. The molecule has 0 unspecified atom stereocenters. The van der Waals surface area contributed by atoms with Crippen molar-refractivity contribution in [2.24, 2.45) is 0 Å². The summed E-state index contributed by atoms with van der Waals surface area (Å²) in [4.78, 5) is 24.1. The molecule has 0 saturated heterocycles. The lowest BCUT2D eigenvalue weighted by Crippen LogP contribution is -2.30. The second-order valence-electron chi connectivity index (χ2n) is 5.53. The van der Waals surface area contributed by atoms with E-state index in [4.69, 9.17) is 0 Å². The Morgan fingerprint density at radius 1 is 0.842 bits per heavy atom. The molecule has 0 aromatic heterocycles. The molecule has 0 saturated carbocycles. The second-order valence-corrected chi connectivity index (χ2v) is 5.53. The van der Waals surface area contributed by atoms with E-state index in [0.29, 0.717) is 6.42 Å². The summed E-state index contributed by atoms with van der Waals surface area (Å²) >= 11 is 0. The first kappa shape index (κ1) is 18.1. The summed E-state index contributed by atoms with van der Waals surface area (Å²) in [5, 5.41) is 0. The van der Waals surface area contributed by atoms with Crippen LogP contribution in [0.25, 0.3) is 0 Å². The summed E-state index contributed by atoms with van der Waals surface area (Å²) in [6.45, 7) is 4.00. The highest BCUT2D eigenvalue weighted by Crippen LogP contribution is 2.10. The van der Waals surface area contributed by atoms with Crippen molar-refractivity contribution in [3.63, 3.8) is 0 Å². The minimum atomic E-state index is 0.0444. The third kappa shape index (κ3) is 11.9. The van der Waals surface area contributed by atoms with Gasteiger partial charge in [0.15, 0.2) is 0 Å². The number of nitrogens with zero attached hydrogens (tertiary/aromatic N) is 1. The minimum Gasteiger partial charge on any atom is -0.338 e. The normalized spacial score (nSPS) is 10.5. The quantitative estimate of drug-likeness (QED) is 0.503. The van der Waals surface area contributed by atoms with Crippen molar-refractivity contribution in [2.45, 2.75) is 78.1 Å². The van der Waals surface area contributed by atoms with E-state index in [2.05, 4.69) is 6.92 Å². The molecular weight excluding hydrogens is 238 g/mol. The maximum Gasteiger partial charge on any atom is 0.222 e. The van der Waals surface area contributed by atoms with Gasteiger partial charge in [-0.15, -0.1) is 0 Å². The third-order valence-electron chi connectivity index (χ3n) is 3.38. The molecule has 0 fully saturated rings. The molecular formula is C16H31NO2. The Morgan fingerprint density at radius 2 is 1.32 bits per heavy atom. The van der Waals surface area contributed by atoms with Crippen LogP contribution in [0, 0.1) is 0 Å². The van der Waals surface area contributed by atoms with Crippen molar-refractivity contribution in [2.75, 3.05) is 13.6 Å². The van der Waals surface area contributed by atoms with Gasteiger partial charge in [-0.25, -0.2) is 0 Å². The van der Waals surface area contributed by atoms with Crippen LogP contribution in [0.4, 0.5) is 0 Å². The Bertz CT molecular complexity index is 251. The molecule has 19 heavy (non-hydrogen) atoms. The van der Waals surface area contributed by atoms with Crippen molar-refractivity contribution >= 4 is 11.7 Å². The lowest BCUT2D eigenvalue weighted by molar-refractivity contribution is -0.133. The maximum absolute atomic E-state index is 11.7. The Labute approximate surface area is 118 Å². The van der Waals surface area contributed by atoms with E-state index in [9.17, 15) is 9.59 Å². The van der Waals surface area contributed by atoms with Gasteiger partial charge in [0.1, 0.15) is 5.78 Å². The predicted molar refractivity (Wildman–Crippen MR) is 80.2 cm³/mol. The number of carbonyl (C=O) groups excluding carboxylic acids is 2. The molecule has 0 aliphatic rings. The number of hydrogen-bond donors (Lipinski definition) is 0. The van der Waals surface area contributed by atoms with Crippen LogP contribution in [-0.4, -0.2) is 30.2 Å². The van der Waals surface area contributed by atoms with Gasteiger partial charge in [-0.3, -0.25) is 9.59 Å². The highest BCUT2D eigenvalue weighted by Gasteiger charge is 2.09. The monoisotopic (exact) mass is 269 g/mol. The van der Waals surface area contributed by atoms with Gasteiger partial charge in [0.05, 0.1) is 6.54 Å². The highest BCUT2D eigenvalue weighted by molar-refractivity contribution is 5.84. The van der Waals surface area contributed by atoms with E-state index in [1.165, 1.54) is 56.8 Å². The van der Waals surface area contributed by atoms with Crippen molar-refractivity contribution in [1.29, 1.82) is 0 Å². The van der Waals surface area contributed by atoms with Crippen LogP contribution in [0.1, 0.15) is 78.1 Å². The number of likely N-dealkylation sites (N-methyl/N-ethyl adjacent to an activating group) is 1. The lowest BCUT2D eigenvalue weighted by Gasteiger charge is -2.14. The molecule has 0 aliphatic heterocycles. The molecule has 0 rings (SSSR count). The van der Waals surface area contributed by atoms with E-state index >= 15 is 0 Å². The van der Waals surface area contributed by atoms with E-state index in [-0.39, 0.29) is 18.2 Å². The van der Waals surface area contributed by atoms with Crippen LogP contribution in [0.2, 0.25) is 0 Å². The van der Waals surface area contributed by atoms with Gasteiger partial charge < -0.3 is 4.90 Å². The summed E-state index contributed by atoms with van der Waals surface area (Å²) in [5.41, 5.74) is 0. The number of hydrogen-bond acceptors (Lipinski definition) is 2. The molecule has 0 bridgehead atoms. The van der Waals surface area contributed by atoms with E-state index in [1.54, 1.807) is 7.05 Å². The average Bonchev–Trinajstić information content (AvgIpc) is 2.35. The van der Waals surface area contributed by atoms with Crippen LogP contribution < -0.4 is 0 Å². The van der Waals surface area contributed by atoms with E-state index < -0.39 is 0 Å². The summed E-state index contributed by atoms with van der Waals surface area (Å²) < 4.78 is 0. The van der Waals surface area contributed by atoms with Crippen LogP contribution in [0.3, 0.4) is 0 Å². The van der Waals surface area contributed by atoms with Crippen molar-refractivity contribution in [3.05, 3.63) is 0 Å². The summed E-state index contributed by atoms with van der Waals surface area (Å²) in [7, 11) is 1.71. The number of ketones is 1. The lowest BCUT2D eigenvalue weighted by atomic mass is 10.1. The van der Waals surface area contributed by atoms with Crippen molar-refractivity contribution < 1.29 is 9.59 Å². The zero-order valence-corrected chi connectivity index (χ0v) is 13.0. The van der Waals surface area contributed by atoms with Crippen molar-refractivity contribution in [3.8, 4) is 0 Å². The van der Waals surface area contributed by atoms with Crippen LogP contribution >= 0.6 is 0 Å². The van der Waals surface area contributed by atoms with E-state index in [0.717, 1.165) is 12.8 Å². The molecule has 0 aromatic carbocycles. The van der Waals surface area contributed by atoms with Crippen LogP contribution in [-0.2, 0) is 9.59 Å². The molecule has 0 spiro atoms. The van der Waals surface area contributed by atoms with E-state index in [1.807, 2.05) is 0 Å². The van der Waals surface area contributed by atoms with Crippen LogP contribution in [0.5, 0.6) is 0 Å². The number of amides is 1. The fraction of sp³-hybridized carbons (Fsp3) is 0.875. The fourth-order valence-corrected chi connectivity index (χ4v) is 2.20. The number of unbranched alkanes of at least 4 members (excludes halogenated alkanes) is 8. The third-order valence-corrected chi connectivity index (χ3v) is 3.38. The molecule has 3 heteroatoms. The topological polar surface area (TPSA) is 37.4 Å². The standard InChI is InChI=1S/C16H31NO2/c1-4-5-6-7-8-9-10-11-12-13-16(19)17(3)14-15(2)18/h4-14H2,1-3H3. The molecule has 0 aromatic rings. The summed E-state index contributed by atoms with van der Waals surface area (Å²) in [6, 6.07) is 0. The fourth-order valence-electron chi connectivity index (χ4n) is 2.20. The molecule has 3 nitrogen and oxygen atoms in total. The Morgan fingerprint density at radius 3 is 1.79 bits per heavy atom. The van der Waals surface area contributed by atoms with Gasteiger partial charge in [-0.05, 0) is 13.3 Å². The van der Waals surface area contributed by atoms with Gasteiger partial charge in [-0.2, -0.15) is 0 Å². The van der Waals surface area contributed by atoms with Crippen LogP contribution in [0.15, 0.2) is 0 Å². The molecule has 0 radical (unpaired) electrons. The van der Waals surface area contributed by atoms with Gasteiger partial charge >= 0.3 is 0 Å². The molecule has 0 heterocycles. The zero-order valence-electron chi connectivity index (χ0n) is 13.0. The molecule has 112 valence electrons. The summed E-state index contributed by atoms with van der Waals surface area (Å²) in [5.74, 6) is 0.140. The molecule has 0 aliphatic carbocycles. The molecule has 0 atom stereocenters. The summed E-state index contributed by atoms with van der Waals surface area (Å²) in [6.07, 6.45) is 11.9. The first-order chi connectivity index (χ1) is 9.07. The molecule has 1 amide bonds. The Hall–Kier alpha value is -0.860. The van der Waals surface area contributed by atoms with Gasteiger partial charge in [0.2, 0.25) is 5.91 Å². The predicted octanol–water partition coefficient (Wildman–Crippen LogP) is 3.95. The smallest absolute Gasteiger partial charge is 0.222 e. The Kier molecular flexibility index (Phi) is 11.6. The largest absolute Gasteiger partial charge is 0.338 e. The maximum atomic E-state index is 11.7. The average molecular weight is 269 g/mol. The van der Waals surface area contributed by atoms with Gasteiger partial charge in [0.25, 0.3) is 0 Å². The first-order valence-corrected chi connectivity index (χ1v) is 7.81. The van der Waals surface area contributed by atoms with Gasteiger partial charge in [-0.1, -0.05) is 58.3 Å². The highest BCUT2D eigenvalue weighted by atomic mass is 16.2. The first-order valence-electron chi connectivity index (χ1n) is 7.81. The second kappa shape index (κ2) is 12.2. The van der Waals surface area contributed by atoms with Crippen molar-refractivity contribution in [1.82, 2.24) is 4.90 Å². The van der Waals surface area contributed by atoms with Gasteiger partial charge in [0, 0.05) is 13.5 Å². The molecule has 0 N–H and O–H groups in total. The Balaban J connectivity index is 3.34.